The van der Waals surface area contributed by atoms with Crippen LogP contribution in [0.3, 0.4) is 0 Å². The average Bonchev–Trinajstić information content (AvgIpc) is 2.00. The molecule has 0 bridgehead atoms. The molecule has 1 N–H and O–H groups in total. The fraction of sp³-hybridized carbons (Fsp3) is 0.750. The molecule has 0 fully saturated rings. The van der Waals surface area contributed by atoms with Crippen molar-refractivity contribution < 1.29 is 27.6 Å². The van der Waals surface area contributed by atoms with Gasteiger partial charge in [0, 0.05) is 21.3 Å². The van der Waals surface area contributed by atoms with E-state index in [0.717, 1.165) is 0 Å². The van der Waals surface area contributed by atoms with E-state index in [9.17, 15) is 4.79 Å². The molecule has 0 saturated heterocycles. The van der Waals surface area contributed by atoms with Crippen LogP contribution < -0.4 is 0 Å². The van der Waals surface area contributed by atoms with E-state index in [4.69, 9.17) is 5.11 Å². The van der Waals surface area contributed by atoms with Gasteiger partial charge in [0.25, 0.3) is 0 Å². The number of rotatable bonds is 4. The van der Waals surface area contributed by atoms with Crippen LogP contribution in [-0.2, 0) is 17.7 Å². The molecule has 0 heterocycles. The summed E-state index contributed by atoms with van der Waals surface area (Å²) < 4.78 is 18.2. The van der Waals surface area contributed by atoms with Gasteiger partial charge in [-0.2, -0.15) is 0 Å². The Labute approximate surface area is 101 Å². The van der Waals surface area contributed by atoms with Crippen LogP contribution in [0, 0.1) is 0 Å². The van der Waals surface area contributed by atoms with Crippen LogP contribution in [0.4, 0.5) is 4.79 Å². The van der Waals surface area contributed by atoms with Crippen LogP contribution in [-0.4, -0.2) is 79.4 Å². The zero-order valence-electron chi connectivity index (χ0n) is 6.49. The summed E-state index contributed by atoms with van der Waals surface area (Å²) in [4.78, 5) is 10.1. The molecular formula is C4H12CaO6Si. The van der Waals surface area contributed by atoms with Crippen LogP contribution in [0.5, 0.6) is 0 Å². The van der Waals surface area contributed by atoms with Gasteiger partial charge in [0.2, 0.25) is 0 Å². The molecule has 0 aromatic heterocycles. The average molecular weight is 224 g/mol. The van der Waals surface area contributed by atoms with E-state index < -0.39 is 15.2 Å². The number of hydrogen-bond donors (Lipinski definition) is 1. The van der Waals surface area contributed by atoms with E-state index in [1.54, 1.807) is 0 Å². The van der Waals surface area contributed by atoms with Crippen molar-refractivity contribution in [2.45, 2.75) is 0 Å². The zero-order valence-corrected chi connectivity index (χ0v) is 7.49. The summed E-state index contributed by atoms with van der Waals surface area (Å²) in [5.41, 5.74) is 0. The Morgan fingerprint density at radius 2 is 1.50 bits per heavy atom. The number of carboxylic acid groups (broad SMARTS) is 1. The van der Waals surface area contributed by atoms with Crippen molar-refractivity contribution in [2.75, 3.05) is 21.3 Å². The maximum absolute atomic E-state index is 10.1. The van der Waals surface area contributed by atoms with Gasteiger partial charge in [0.05, 0.1) is 0 Å². The predicted molar refractivity (Wildman–Crippen MR) is 44.4 cm³/mol. The molecular weight excluding hydrogens is 212 g/mol. The molecule has 70 valence electrons. The molecule has 0 aromatic rings. The van der Waals surface area contributed by atoms with Crippen molar-refractivity contribution in [3.8, 4) is 0 Å². The van der Waals surface area contributed by atoms with Gasteiger partial charge in [-0.05, 0) is 0 Å². The summed E-state index contributed by atoms with van der Waals surface area (Å²) in [7, 11) is 0.376. The third-order valence-electron chi connectivity index (χ3n) is 0.962. The Bertz CT molecular complexity index is 129. The third kappa shape index (κ3) is 4.60. The fourth-order valence-electron chi connectivity index (χ4n) is 0.482. The van der Waals surface area contributed by atoms with Crippen molar-refractivity contribution in [1.82, 2.24) is 0 Å². The molecule has 12 heavy (non-hydrogen) atoms. The van der Waals surface area contributed by atoms with E-state index in [0.29, 0.717) is 0 Å². The first-order valence-electron chi connectivity index (χ1n) is 2.67. The van der Waals surface area contributed by atoms with Gasteiger partial charge in [-0.15, -0.1) is 0 Å². The number of hydrogen-bond acceptors (Lipinski definition) is 5. The van der Waals surface area contributed by atoms with Gasteiger partial charge < -0.3 is 22.8 Å². The first-order valence-corrected chi connectivity index (χ1v) is 4.31. The molecule has 0 aliphatic heterocycles. The second-order valence-corrected chi connectivity index (χ2v) is 3.91. The Balaban J connectivity index is 0. The summed E-state index contributed by atoms with van der Waals surface area (Å²) in [6, 6.07) is 0. The molecule has 0 rings (SSSR count). The van der Waals surface area contributed by atoms with Crippen LogP contribution in [0.1, 0.15) is 0 Å². The summed E-state index contributed by atoms with van der Waals surface area (Å²) in [5, 5.41) is 8.21. The van der Waals surface area contributed by atoms with E-state index in [-0.39, 0.29) is 37.7 Å². The summed E-state index contributed by atoms with van der Waals surface area (Å²) in [5.74, 6) is 0. The Morgan fingerprint density at radius 1 is 1.17 bits per heavy atom. The Hall–Kier alpha value is 0.627. The molecule has 0 saturated carbocycles. The molecule has 0 radical (unpaired) electrons. The van der Waals surface area contributed by atoms with E-state index in [1.807, 2.05) is 0 Å². The molecule has 0 unspecified atom stereocenters. The second kappa shape index (κ2) is 7.07. The van der Waals surface area contributed by atoms with Crippen LogP contribution in [0.2, 0.25) is 0 Å². The van der Waals surface area contributed by atoms with Gasteiger partial charge in [-0.25, -0.2) is 4.79 Å². The molecule has 0 atom stereocenters. The molecule has 6 nitrogen and oxygen atoms in total. The van der Waals surface area contributed by atoms with Crippen molar-refractivity contribution in [3.63, 3.8) is 0 Å². The predicted octanol–water partition coefficient (Wildman–Crippen LogP) is -0.860. The van der Waals surface area contributed by atoms with Crippen LogP contribution in [0.15, 0.2) is 0 Å². The quantitative estimate of drug-likeness (QED) is 0.626. The Kier molecular flexibility index (Phi) is 8.91. The van der Waals surface area contributed by atoms with Gasteiger partial charge >= 0.3 is 52.9 Å². The first-order chi connectivity index (χ1) is 5.10. The van der Waals surface area contributed by atoms with Crippen LogP contribution in [0.25, 0.3) is 0 Å². The maximum atomic E-state index is 10.1. The Morgan fingerprint density at radius 3 is 1.58 bits per heavy atom. The summed E-state index contributed by atoms with van der Waals surface area (Å²) >= 11 is 0. The molecule has 0 aromatic carbocycles. The van der Waals surface area contributed by atoms with E-state index in [2.05, 4.69) is 17.7 Å². The fourth-order valence-corrected chi connectivity index (χ4v) is 1.45. The normalized spacial score (nSPS) is 10.2. The monoisotopic (exact) mass is 224 g/mol. The zero-order chi connectivity index (χ0) is 8.91. The minimum absolute atomic E-state index is 0. The van der Waals surface area contributed by atoms with Crippen LogP contribution >= 0.6 is 0 Å². The van der Waals surface area contributed by atoms with Gasteiger partial charge in [-0.1, -0.05) is 0 Å². The first kappa shape index (κ1) is 15.1. The molecule has 8 heteroatoms. The minimum atomic E-state index is -3.38. The second-order valence-electron chi connectivity index (χ2n) is 1.48. The van der Waals surface area contributed by atoms with E-state index >= 15 is 0 Å². The summed E-state index contributed by atoms with van der Waals surface area (Å²) in [6.07, 6.45) is -1.48. The van der Waals surface area contributed by atoms with Crippen molar-refractivity contribution in [2.24, 2.45) is 0 Å². The molecule has 0 amide bonds. The number of carbonyl (C=O) groups is 1. The molecule has 0 aliphatic rings. The third-order valence-corrected chi connectivity index (χ3v) is 2.89. The van der Waals surface area contributed by atoms with Gasteiger partial charge in [0.1, 0.15) is 0 Å². The molecule has 0 aliphatic carbocycles. The topological polar surface area (TPSA) is 74.2 Å². The SMILES string of the molecule is CO[Si](OC)(OC)OC(=O)O.[CaH2]. The van der Waals surface area contributed by atoms with Gasteiger partial charge in [0.15, 0.2) is 0 Å². The van der Waals surface area contributed by atoms with Crippen molar-refractivity contribution in [3.05, 3.63) is 0 Å². The summed E-state index contributed by atoms with van der Waals surface area (Å²) in [6.45, 7) is 0. The van der Waals surface area contributed by atoms with Crippen molar-refractivity contribution >= 4 is 52.9 Å². The standard InChI is InChI=1S/C4H10O6Si.Ca.2H/c1-7-11(8-2,9-3)10-4(5)6;;;/h1-3H3,(H,5,6);;;. The van der Waals surface area contributed by atoms with E-state index in [1.165, 1.54) is 21.3 Å². The van der Waals surface area contributed by atoms with Gasteiger partial charge in [-0.3, -0.25) is 0 Å². The van der Waals surface area contributed by atoms with Crippen molar-refractivity contribution in [1.29, 1.82) is 0 Å². The molecule has 0 spiro atoms.